The number of benzene rings is 1. The molecule has 12 heteroatoms. The van der Waals surface area contributed by atoms with Gasteiger partial charge in [-0.05, 0) is 24.3 Å². The summed E-state index contributed by atoms with van der Waals surface area (Å²) < 4.78 is 7.10. The van der Waals surface area contributed by atoms with E-state index in [-0.39, 0.29) is 42.7 Å². The highest BCUT2D eigenvalue weighted by Crippen LogP contribution is 2.31. The number of nitrogens with one attached hydrogen (secondary N) is 3. The van der Waals surface area contributed by atoms with Gasteiger partial charge in [0.2, 0.25) is 23.6 Å². The normalized spacial score (nSPS) is 26.5. The Morgan fingerprint density at radius 3 is 2.52 bits per heavy atom. The van der Waals surface area contributed by atoms with Gasteiger partial charge in [-0.15, -0.1) is 5.10 Å². The van der Waals surface area contributed by atoms with Gasteiger partial charge in [0, 0.05) is 38.5 Å². The van der Waals surface area contributed by atoms with Crippen LogP contribution in [0.15, 0.2) is 36.5 Å². The van der Waals surface area contributed by atoms with Crippen LogP contribution in [0, 0.1) is 11.8 Å². The molecule has 0 aliphatic carbocycles. The molecule has 4 atom stereocenters. The molecule has 1 aromatic carbocycles. The summed E-state index contributed by atoms with van der Waals surface area (Å²) in [7, 11) is 0. The number of hydrogen-bond donors (Lipinski definition) is 3. The summed E-state index contributed by atoms with van der Waals surface area (Å²) in [6.07, 6.45) is 3.59. The Balaban J connectivity index is 1.44. The lowest BCUT2D eigenvalue weighted by Gasteiger charge is -2.31. The fourth-order valence-corrected chi connectivity index (χ4v) is 5.66. The second kappa shape index (κ2) is 12.2. The summed E-state index contributed by atoms with van der Waals surface area (Å²) in [5.41, 5.74) is 1.43. The van der Waals surface area contributed by atoms with Crippen molar-refractivity contribution in [3.8, 4) is 0 Å². The smallest absolute Gasteiger partial charge is 0.243 e. The Morgan fingerprint density at radius 2 is 1.80 bits per heavy atom. The summed E-state index contributed by atoms with van der Waals surface area (Å²) in [6, 6.07) is 6.64. The van der Waals surface area contributed by atoms with Crippen molar-refractivity contribution in [3.05, 3.63) is 47.8 Å². The predicted octanol–water partition coefficient (Wildman–Crippen LogP) is 0.345. The Hall–Kier alpha value is -3.80. The molecule has 4 bridgehead atoms. The SMILES string of the molecule is CC(C)[C@@H]1NC(=O)[C@@H]2C[C@@H](CN2C(=O)C2CCOCC2)n2cc(nn2)CNC(=O)[C@@H](Cc2ccccc2)NC1=O. The Morgan fingerprint density at radius 1 is 1.05 bits per heavy atom. The average molecular weight is 552 g/mol. The zero-order valence-corrected chi connectivity index (χ0v) is 22.9. The van der Waals surface area contributed by atoms with Crippen molar-refractivity contribution in [3.63, 3.8) is 0 Å². The number of carbonyl (C=O) groups is 4. The molecule has 2 aromatic rings. The van der Waals surface area contributed by atoms with Crippen LogP contribution in [0.3, 0.4) is 0 Å². The molecule has 2 saturated heterocycles. The van der Waals surface area contributed by atoms with E-state index in [1.165, 1.54) is 0 Å². The van der Waals surface area contributed by atoms with Crippen LogP contribution in [0.4, 0.5) is 0 Å². The highest BCUT2D eigenvalue weighted by molar-refractivity contribution is 5.95. The second-order valence-electron chi connectivity index (χ2n) is 11.2. The van der Waals surface area contributed by atoms with Crippen LogP contribution >= 0.6 is 0 Å². The molecular formula is C28H37N7O5. The highest BCUT2D eigenvalue weighted by Gasteiger charge is 2.44. The van der Waals surface area contributed by atoms with Gasteiger partial charge in [-0.25, -0.2) is 4.68 Å². The van der Waals surface area contributed by atoms with Gasteiger partial charge in [-0.1, -0.05) is 49.4 Å². The van der Waals surface area contributed by atoms with Crippen LogP contribution in [-0.4, -0.2) is 81.4 Å². The van der Waals surface area contributed by atoms with Gasteiger partial charge in [0.25, 0.3) is 0 Å². The second-order valence-corrected chi connectivity index (χ2v) is 11.2. The molecule has 40 heavy (non-hydrogen) atoms. The maximum Gasteiger partial charge on any atom is 0.243 e. The van der Waals surface area contributed by atoms with Crippen LogP contribution in [0.25, 0.3) is 0 Å². The molecule has 5 rings (SSSR count). The fourth-order valence-electron chi connectivity index (χ4n) is 5.66. The monoisotopic (exact) mass is 551 g/mol. The van der Waals surface area contributed by atoms with E-state index in [2.05, 4.69) is 26.3 Å². The highest BCUT2D eigenvalue weighted by atomic mass is 16.5. The largest absolute Gasteiger partial charge is 0.381 e. The lowest BCUT2D eigenvalue weighted by atomic mass is 9.98. The Kier molecular flexibility index (Phi) is 8.43. The van der Waals surface area contributed by atoms with E-state index in [4.69, 9.17) is 4.74 Å². The standard InChI is InChI=1S/C28H37N7O5/c1-17(2)24-27(38)30-22(12-18-6-4-3-5-7-18)25(36)29-14-20-15-35(33-32-20)21-13-23(26(37)31-24)34(16-21)28(39)19-8-10-40-11-9-19/h3-7,15,17,19,21-24H,8-14,16H2,1-2H3,(H,29,36)(H,30,38)(H,31,37)/t21-,22+,23-,24-/m0/s1. The summed E-state index contributed by atoms with van der Waals surface area (Å²) in [5.74, 6) is -1.74. The fraction of sp³-hybridized carbons (Fsp3) is 0.571. The number of fused-ring (bicyclic) bond motifs is 5. The molecule has 4 heterocycles. The summed E-state index contributed by atoms with van der Waals surface area (Å²) in [6.45, 7) is 5.14. The first-order valence-corrected chi connectivity index (χ1v) is 14.0. The number of nitrogens with zero attached hydrogens (tertiary/aromatic N) is 4. The minimum atomic E-state index is -0.889. The van der Waals surface area contributed by atoms with Crippen molar-refractivity contribution < 1.29 is 23.9 Å². The van der Waals surface area contributed by atoms with Crippen LogP contribution < -0.4 is 16.0 Å². The maximum atomic E-state index is 13.7. The van der Waals surface area contributed by atoms with Gasteiger partial charge in [-0.3, -0.25) is 19.2 Å². The van der Waals surface area contributed by atoms with Crippen LogP contribution in [0.5, 0.6) is 0 Å². The van der Waals surface area contributed by atoms with Gasteiger partial charge in [0.15, 0.2) is 0 Å². The van der Waals surface area contributed by atoms with Crippen molar-refractivity contribution >= 4 is 23.6 Å². The first-order chi connectivity index (χ1) is 19.3. The van der Waals surface area contributed by atoms with Gasteiger partial charge in [-0.2, -0.15) is 0 Å². The van der Waals surface area contributed by atoms with Crippen LogP contribution in [0.1, 0.15) is 50.4 Å². The van der Waals surface area contributed by atoms with E-state index in [0.717, 1.165) is 5.56 Å². The third-order valence-corrected chi connectivity index (χ3v) is 7.97. The summed E-state index contributed by atoms with van der Waals surface area (Å²) in [5, 5.41) is 17.1. The van der Waals surface area contributed by atoms with Crippen molar-refractivity contribution in [2.24, 2.45) is 11.8 Å². The maximum absolute atomic E-state index is 13.7. The molecule has 3 aliphatic rings. The topological polar surface area (TPSA) is 148 Å². The van der Waals surface area contributed by atoms with E-state index in [1.54, 1.807) is 15.8 Å². The number of rotatable bonds is 4. The molecule has 12 nitrogen and oxygen atoms in total. The number of amides is 4. The molecule has 2 fully saturated rings. The molecule has 0 spiro atoms. The molecule has 3 aliphatic heterocycles. The summed E-state index contributed by atoms with van der Waals surface area (Å²) >= 11 is 0. The van der Waals surface area contributed by atoms with E-state index in [1.807, 2.05) is 44.2 Å². The van der Waals surface area contributed by atoms with Crippen molar-refractivity contribution in [1.29, 1.82) is 0 Å². The molecule has 1 aromatic heterocycles. The molecule has 3 N–H and O–H groups in total. The number of likely N-dealkylation sites (tertiary alicyclic amines) is 1. The Bertz CT molecular complexity index is 1230. The molecule has 0 unspecified atom stereocenters. The van der Waals surface area contributed by atoms with E-state index in [0.29, 0.717) is 44.7 Å². The van der Waals surface area contributed by atoms with Gasteiger partial charge in [0.1, 0.15) is 23.8 Å². The van der Waals surface area contributed by atoms with Crippen LogP contribution in [-0.2, 0) is 36.9 Å². The molecule has 214 valence electrons. The third-order valence-electron chi connectivity index (χ3n) is 7.97. The molecule has 4 amide bonds. The minimum absolute atomic E-state index is 0.0758. The first-order valence-electron chi connectivity index (χ1n) is 14.0. The number of aromatic nitrogens is 3. The van der Waals surface area contributed by atoms with Gasteiger partial charge in [0.05, 0.1) is 18.8 Å². The number of carbonyl (C=O) groups excluding carboxylic acids is 4. The van der Waals surface area contributed by atoms with Gasteiger partial charge >= 0.3 is 0 Å². The van der Waals surface area contributed by atoms with Crippen molar-refractivity contribution in [1.82, 2.24) is 35.8 Å². The number of ether oxygens (including phenoxy) is 1. The number of hydrogen-bond acceptors (Lipinski definition) is 7. The lowest BCUT2D eigenvalue weighted by Crippen LogP contribution is -2.58. The zero-order chi connectivity index (χ0) is 28.2. The van der Waals surface area contributed by atoms with E-state index >= 15 is 0 Å². The molecule has 0 radical (unpaired) electrons. The zero-order valence-electron chi connectivity index (χ0n) is 22.9. The van der Waals surface area contributed by atoms with Gasteiger partial charge < -0.3 is 25.6 Å². The quantitative estimate of drug-likeness (QED) is 0.497. The first kappa shape index (κ1) is 27.8. The minimum Gasteiger partial charge on any atom is -0.381 e. The Labute approximate surface area is 233 Å². The van der Waals surface area contributed by atoms with Crippen molar-refractivity contribution in [2.45, 2.75) is 70.2 Å². The van der Waals surface area contributed by atoms with E-state index in [9.17, 15) is 19.2 Å². The molecular weight excluding hydrogens is 514 g/mol. The van der Waals surface area contributed by atoms with E-state index < -0.39 is 29.9 Å². The van der Waals surface area contributed by atoms with Crippen molar-refractivity contribution in [2.75, 3.05) is 19.8 Å². The van der Waals surface area contributed by atoms with Crippen LogP contribution in [0.2, 0.25) is 0 Å². The summed E-state index contributed by atoms with van der Waals surface area (Å²) in [4.78, 5) is 55.7. The third kappa shape index (κ3) is 6.16. The average Bonchev–Trinajstić information content (AvgIpc) is 3.62. The lowest BCUT2D eigenvalue weighted by molar-refractivity contribution is -0.144. The molecule has 0 saturated carbocycles. The predicted molar refractivity (Wildman–Crippen MR) is 143 cm³/mol.